The molecule has 110 valence electrons. The molecule has 0 radical (unpaired) electrons. The van der Waals surface area contributed by atoms with Gasteiger partial charge in [0.2, 0.25) is 0 Å². The Bertz CT molecular complexity index is 457. The summed E-state index contributed by atoms with van der Waals surface area (Å²) in [5.41, 5.74) is 9.22. The van der Waals surface area contributed by atoms with E-state index < -0.39 is 0 Å². The van der Waals surface area contributed by atoms with E-state index in [2.05, 4.69) is 38.1 Å². The van der Waals surface area contributed by atoms with Crippen molar-refractivity contribution in [3.8, 4) is 0 Å². The Kier molecular flexibility index (Phi) is 3.64. The molecule has 1 aliphatic heterocycles. The molecule has 2 aliphatic rings. The molecule has 20 heavy (non-hydrogen) atoms. The molecule has 1 saturated carbocycles. The highest BCUT2D eigenvalue weighted by molar-refractivity contribution is 5.28. The minimum Gasteiger partial charge on any atom is -0.375 e. The summed E-state index contributed by atoms with van der Waals surface area (Å²) in [5.74, 6) is 0.525. The lowest BCUT2D eigenvalue weighted by Gasteiger charge is -2.45. The molecule has 0 aromatic heterocycles. The summed E-state index contributed by atoms with van der Waals surface area (Å²) < 4.78 is 6.15. The van der Waals surface area contributed by atoms with Crippen molar-refractivity contribution in [1.82, 2.24) is 0 Å². The lowest BCUT2D eigenvalue weighted by Crippen LogP contribution is -2.49. The summed E-state index contributed by atoms with van der Waals surface area (Å²) in [4.78, 5) is 0. The van der Waals surface area contributed by atoms with Crippen molar-refractivity contribution in [2.75, 3.05) is 6.61 Å². The van der Waals surface area contributed by atoms with Crippen molar-refractivity contribution < 1.29 is 4.74 Å². The third kappa shape index (κ3) is 2.51. The van der Waals surface area contributed by atoms with Crippen LogP contribution < -0.4 is 5.73 Å². The summed E-state index contributed by atoms with van der Waals surface area (Å²) in [7, 11) is 0. The van der Waals surface area contributed by atoms with Crippen LogP contribution in [0.2, 0.25) is 0 Å². The quantitative estimate of drug-likeness (QED) is 0.886. The van der Waals surface area contributed by atoms with Crippen LogP contribution in [-0.4, -0.2) is 12.2 Å². The van der Waals surface area contributed by atoms with E-state index in [0.29, 0.717) is 5.92 Å². The molecular weight excluding hydrogens is 246 g/mol. The molecule has 1 saturated heterocycles. The monoisotopic (exact) mass is 273 g/mol. The van der Waals surface area contributed by atoms with E-state index in [0.717, 1.165) is 19.4 Å². The average molecular weight is 273 g/mol. The first-order valence-corrected chi connectivity index (χ1v) is 8.02. The minimum absolute atomic E-state index is 0.147. The van der Waals surface area contributed by atoms with Crippen LogP contribution in [0.5, 0.6) is 0 Å². The molecule has 1 aliphatic carbocycles. The van der Waals surface area contributed by atoms with Crippen LogP contribution in [0, 0.1) is 12.8 Å². The molecule has 0 amide bonds. The van der Waals surface area contributed by atoms with E-state index in [1.807, 2.05) is 0 Å². The van der Waals surface area contributed by atoms with Gasteiger partial charge in [0, 0.05) is 12.1 Å². The smallest absolute Gasteiger partial charge is 0.0686 e. The maximum atomic E-state index is 6.76. The summed E-state index contributed by atoms with van der Waals surface area (Å²) >= 11 is 0. The van der Waals surface area contributed by atoms with Crippen molar-refractivity contribution in [3.05, 3.63) is 35.4 Å². The lowest BCUT2D eigenvalue weighted by molar-refractivity contribution is -0.104. The van der Waals surface area contributed by atoms with Gasteiger partial charge in [-0.2, -0.15) is 0 Å². The summed E-state index contributed by atoms with van der Waals surface area (Å²) in [6.07, 6.45) is 7.31. The highest BCUT2D eigenvalue weighted by atomic mass is 16.5. The third-order valence-electron chi connectivity index (χ3n) is 5.53. The first kappa shape index (κ1) is 14.1. The molecular formula is C18H27NO. The Labute approximate surface area is 122 Å². The first-order valence-electron chi connectivity index (χ1n) is 8.02. The van der Waals surface area contributed by atoms with E-state index >= 15 is 0 Å². The van der Waals surface area contributed by atoms with Gasteiger partial charge in [0.15, 0.2) is 0 Å². The SMILES string of the molecule is Cc1ccc(C(C)(N)C2CCOC3(CCCC3)C2)cc1. The zero-order valence-electron chi connectivity index (χ0n) is 12.8. The second kappa shape index (κ2) is 5.16. The molecule has 2 fully saturated rings. The van der Waals surface area contributed by atoms with Crippen LogP contribution in [-0.2, 0) is 10.3 Å². The van der Waals surface area contributed by atoms with E-state index in [-0.39, 0.29) is 11.1 Å². The fraction of sp³-hybridized carbons (Fsp3) is 0.667. The third-order valence-corrected chi connectivity index (χ3v) is 5.53. The van der Waals surface area contributed by atoms with Crippen molar-refractivity contribution in [3.63, 3.8) is 0 Å². The molecule has 2 atom stereocenters. The fourth-order valence-electron chi connectivity index (χ4n) is 4.06. The number of rotatable bonds is 2. The molecule has 2 N–H and O–H groups in total. The van der Waals surface area contributed by atoms with Crippen molar-refractivity contribution in [2.45, 2.75) is 63.5 Å². The topological polar surface area (TPSA) is 35.2 Å². The van der Waals surface area contributed by atoms with Crippen LogP contribution in [0.15, 0.2) is 24.3 Å². The van der Waals surface area contributed by atoms with Gasteiger partial charge in [-0.25, -0.2) is 0 Å². The maximum Gasteiger partial charge on any atom is 0.0686 e. The Morgan fingerprint density at radius 1 is 1.20 bits per heavy atom. The molecule has 2 nitrogen and oxygen atoms in total. The molecule has 2 heteroatoms. The molecule has 1 heterocycles. The van der Waals surface area contributed by atoms with Gasteiger partial charge in [0.05, 0.1) is 5.60 Å². The molecule has 1 aromatic carbocycles. The van der Waals surface area contributed by atoms with Crippen LogP contribution in [0.25, 0.3) is 0 Å². The largest absolute Gasteiger partial charge is 0.375 e. The lowest BCUT2D eigenvalue weighted by atomic mass is 9.71. The van der Waals surface area contributed by atoms with Crippen molar-refractivity contribution >= 4 is 0 Å². The first-order chi connectivity index (χ1) is 9.52. The van der Waals surface area contributed by atoms with Gasteiger partial charge in [0.1, 0.15) is 0 Å². The van der Waals surface area contributed by atoms with Crippen LogP contribution in [0.3, 0.4) is 0 Å². The fourth-order valence-corrected chi connectivity index (χ4v) is 4.06. The van der Waals surface area contributed by atoms with E-state index in [4.69, 9.17) is 10.5 Å². The van der Waals surface area contributed by atoms with Crippen LogP contribution >= 0.6 is 0 Å². The number of hydrogen-bond acceptors (Lipinski definition) is 2. The predicted octanol–water partition coefficient (Wildman–Crippen LogP) is 3.91. The number of ether oxygens (including phenoxy) is 1. The van der Waals surface area contributed by atoms with Gasteiger partial charge in [0.25, 0.3) is 0 Å². The standard InChI is InChI=1S/C18H27NO/c1-14-5-7-15(8-6-14)17(2,19)16-9-12-20-18(13-16)10-3-4-11-18/h5-8,16H,3-4,9-13,19H2,1-2H3. The molecule has 0 bridgehead atoms. The van der Waals surface area contributed by atoms with Gasteiger partial charge in [-0.15, -0.1) is 0 Å². The summed E-state index contributed by atoms with van der Waals surface area (Å²) in [5, 5.41) is 0. The van der Waals surface area contributed by atoms with Gasteiger partial charge in [-0.05, 0) is 51.0 Å². The molecule has 3 rings (SSSR count). The highest BCUT2D eigenvalue weighted by Gasteiger charge is 2.45. The highest BCUT2D eigenvalue weighted by Crippen LogP contribution is 2.46. The normalized spacial score (nSPS) is 28.4. The van der Waals surface area contributed by atoms with Gasteiger partial charge in [-0.3, -0.25) is 0 Å². The van der Waals surface area contributed by atoms with Gasteiger partial charge in [-0.1, -0.05) is 42.7 Å². The second-order valence-electron chi connectivity index (χ2n) is 7.08. The van der Waals surface area contributed by atoms with E-state index in [1.54, 1.807) is 0 Å². The van der Waals surface area contributed by atoms with Gasteiger partial charge >= 0.3 is 0 Å². The zero-order chi connectivity index (χ0) is 14.2. The maximum absolute atomic E-state index is 6.76. The average Bonchev–Trinajstić information content (AvgIpc) is 2.87. The van der Waals surface area contributed by atoms with Crippen LogP contribution in [0.1, 0.15) is 56.6 Å². The molecule has 1 spiro atoms. The Morgan fingerprint density at radius 3 is 2.50 bits per heavy atom. The van der Waals surface area contributed by atoms with E-state index in [9.17, 15) is 0 Å². The Balaban J connectivity index is 1.81. The summed E-state index contributed by atoms with van der Waals surface area (Å²) in [6.45, 7) is 5.21. The number of aryl methyl sites for hydroxylation is 1. The summed E-state index contributed by atoms with van der Waals surface area (Å²) in [6, 6.07) is 8.74. The molecule has 2 unspecified atom stereocenters. The zero-order valence-corrected chi connectivity index (χ0v) is 12.8. The van der Waals surface area contributed by atoms with E-state index in [1.165, 1.54) is 36.8 Å². The Morgan fingerprint density at radius 2 is 1.85 bits per heavy atom. The molecule has 1 aromatic rings. The minimum atomic E-state index is -0.243. The number of nitrogens with two attached hydrogens (primary N) is 1. The Hall–Kier alpha value is -0.860. The number of hydrogen-bond donors (Lipinski definition) is 1. The second-order valence-corrected chi connectivity index (χ2v) is 7.08. The van der Waals surface area contributed by atoms with Gasteiger partial charge < -0.3 is 10.5 Å². The van der Waals surface area contributed by atoms with Crippen molar-refractivity contribution in [2.24, 2.45) is 11.7 Å². The van der Waals surface area contributed by atoms with Crippen molar-refractivity contribution in [1.29, 1.82) is 0 Å². The predicted molar refractivity (Wildman–Crippen MR) is 82.6 cm³/mol. The van der Waals surface area contributed by atoms with Crippen LogP contribution in [0.4, 0.5) is 0 Å². The number of benzene rings is 1.